The zero-order chi connectivity index (χ0) is 15.6. The number of likely N-dealkylation sites (tertiary alicyclic amines) is 1. The first-order valence-corrected chi connectivity index (χ1v) is 7.95. The standard InChI is InChI=1S/C13H15F2NO4S/c14-13(15)21(19,20)10-5-3-9(4-6-10)8-16-7-1-2-11(16)12(17)18/h3-6,11,13H,1-2,7-8H2,(H,17,18). The van der Waals surface area contributed by atoms with Gasteiger partial charge in [-0.05, 0) is 37.1 Å². The van der Waals surface area contributed by atoms with Gasteiger partial charge in [-0.25, -0.2) is 8.42 Å². The number of carboxylic acids is 1. The zero-order valence-electron chi connectivity index (χ0n) is 11.1. The smallest absolute Gasteiger partial charge is 0.341 e. The fourth-order valence-corrected chi connectivity index (χ4v) is 3.14. The van der Waals surface area contributed by atoms with Crippen LogP contribution in [0.2, 0.25) is 0 Å². The van der Waals surface area contributed by atoms with Crippen LogP contribution in [0.4, 0.5) is 8.78 Å². The third-order valence-electron chi connectivity index (χ3n) is 3.52. The number of sulfone groups is 1. The van der Waals surface area contributed by atoms with E-state index in [2.05, 4.69) is 0 Å². The molecular formula is C13H15F2NO4S. The molecule has 0 saturated carbocycles. The van der Waals surface area contributed by atoms with Crippen molar-refractivity contribution in [2.24, 2.45) is 0 Å². The number of carboxylic acid groups (broad SMARTS) is 1. The van der Waals surface area contributed by atoms with Crippen molar-refractivity contribution in [3.8, 4) is 0 Å². The highest BCUT2D eigenvalue weighted by Gasteiger charge is 2.30. The molecule has 1 aliphatic rings. The van der Waals surface area contributed by atoms with Crippen LogP contribution in [0.15, 0.2) is 29.2 Å². The van der Waals surface area contributed by atoms with E-state index in [-0.39, 0.29) is 0 Å². The van der Waals surface area contributed by atoms with Crippen molar-refractivity contribution in [2.75, 3.05) is 6.54 Å². The van der Waals surface area contributed by atoms with Gasteiger partial charge in [-0.15, -0.1) is 0 Å². The lowest BCUT2D eigenvalue weighted by atomic mass is 10.2. The SMILES string of the molecule is O=C(O)C1CCCN1Cc1ccc(S(=O)(=O)C(F)F)cc1. The van der Waals surface area contributed by atoms with Crippen LogP contribution in [0, 0.1) is 0 Å². The van der Waals surface area contributed by atoms with Crippen LogP contribution in [-0.4, -0.2) is 42.7 Å². The van der Waals surface area contributed by atoms with Gasteiger partial charge in [0.1, 0.15) is 6.04 Å². The van der Waals surface area contributed by atoms with Crippen molar-refractivity contribution in [3.63, 3.8) is 0 Å². The Morgan fingerprint density at radius 1 is 1.33 bits per heavy atom. The molecule has 0 bridgehead atoms. The second-order valence-corrected chi connectivity index (χ2v) is 6.83. The van der Waals surface area contributed by atoms with Gasteiger partial charge < -0.3 is 5.11 Å². The molecule has 1 aromatic rings. The first-order valence-electron chi connectivity index (χ1n) is 6.40. The van der Waals surface area contributed by atoms with Gasteiger partial charge >= 0.3 is 11.7 Å². The third kappa shape index (κ3) is 3.38. The number of nitrogens with zero attached hydrogens (tertiary/aromatic N) is 1. The minimum absolute atomic E-state index is 0.353. The summed E-state index contributed by atoms with van der Waals surface area (Å²) in [6.07, 6.45) is 1.36. The van der Waals surface area contributed by atoms with E-state index in [1.807, 2.05) is 0 Å². The van der Waals surface area contributed by atoms with Crippen molar-refractivity contribution in [2.45, 2.75) is 36.1 Å². The summed E-state index contributed by atoms with van der Waals surface area (Å²) in [6.45, 7) is 1.00. The minimum atomic E-state index is -4.59. The first kappa shape index (κ1) is 15.8. The summed E-state index contributed by atoms with van der Waals surface area (Å²) in [5.74, 6) is -4.33. The van der Waals surface area contributed by atoms with Gasteiger partial charge in [-0.2, -0.15) is 8.78 Å². The molecule has 0 aromatic heterocycles. The normalized spacial score (nSPS) is 20.0. The van der Waals surface area contributed by atoms with Crippen LogP contribution in [0.5, 0.6) is 0 Å². The van der Waals surface area contributed by atoms with Crippen LogP contribution in [-0.2, 0) is 21.2 Å². The lowest BCUT2D eigenvalue weighted by molar-refractivity contribution is -0.142. The maximum Gasteiger partial charge on any atom is 0.341 e. The van der Waals surface area contributed by atoms with Gasteiger partial charge in [0.25, 0.3) is 0 Å². The van der Waals surface area contributed by atoms with Crippen molar-refractivity contribution in [1.29, 1.82) is 0 Å². The lowest BCUT2D eigenvalue weighted by Gasteiger charge is -2.21. The van der Waals surface area contributed by atoms with E-state index in [9.17, 15) is 22.0 Å². The van der Waals surface area contributed by atoms with E-state index in [0.717, 1.165) is 18.6 Å². The Bertz CT molecular complexity index is 616. The molecule has 5 nitrogen and oxygen atoms in total. The molecule has 1 heterocycles. The van der Waals surface area contributed by atoms with Gasteiger partial charge in [0.15, 0.2) is 0 Å². The summed E-state index contributed by atoms with van der Waals surface area (Å²) in [6, 6.07) is 4.58. The van der Waals surface area contributed by atoms with Crippen LogP contribution >= 0.6 is 0 Å². The quantitative estimate of drug-likeness (QED) is 0.894. The molecule has 0 radical (unpaired) electrons. The molecule has 1 unspecified atom stereocenters. The molecule has 21 heavy (non-hydrogen) atoms. The summed E-state index contributed by atoms with van der Waals surface area (Å²) in [4.78, 5) is 12.4. The predicted octanol–water partition coefficient (Wildman–Crippen LogP) is 1.73. The number of hydrogen-bond acceptors (Lipinski definition) is 4. The number of alkyl halides is 2. The Morgan fingerprint density at radius 2 is 1.95 bits per heavy atom. The van der Waals surface area contributed by atoms with Crippen LogP contribution in [0.25, 0.3) is 0 Å². The average molecular weight is 319 g/mol. The summed E-state index contributed by atoms with van der Waals surface area (Å²) in [5, 5.41) is 9.07. The molecule has 0 spiro atoms. The van der Waals surface area contributed by atoms with E-state index in [0.29, 0.717) is 25.1 Å². The monoisotopic (exact) mass is 319 g/mol. The Balaban J connectivity index is 2.12. The molecule has 8 heteroatoms. The van der Waals surface area contributed by atoms with Gasteiger partial charge in [-0.3, -0.25) is 9.69 Å². The van der Waals surface area contributed by atoms with Gasteiger partial charge in [0, 0.05) is 6.54 Å². The van der Waals surface area contributed by atoms with Crippen LogP contribution in [0.3, 0.4) is 0 Å². The maximum absolute atomic E-state index is 12.4. The second-order valence-electron chi connectivity index (χ2n) is 4.92. The molecule has 1 aromatic carbocycles. The summed E-state index contributed by atoms with van der Waals surface area (Å²) >= 11 is 0. The van der Waals surface area contributed by atoms with E-state index in [1.165, 1.54) is 12.1 Å². The number of carbonyl (C=O) groups is 1. The molecule has 0 aliphatic carbocycles. The van der Waals surface area contributed by atoms with Crippen molar-refractivity contribution < 1.29 is 27.1 Å². The fraction of sp³-hybridized carbons (Fsp3) is 0.462. The molecule has 2 rings (SSSR count). The summed E-state index contributed by atoms with van der Waals surface area (Å²) in [7, 11) is -4.59. The summed E-state index contributed by atoms with van der Waals surface area (Å²) in [5.41, 5.74) is 0.691. The Hall–Kier alpha value is -1.54. The van der Waals surface area contributed by atoms with E-state index in [4.69, 9.17) is 5.11 Å². The van der Waals surface area contributed by atoms with E-state index < -0.39 is 32.5 Å². The fourth-order valence-electron chi connectivity index (χ4n) is 2.42. The molecule has 0 amide bonds. The Kier molecular flexibility index (Phi) is 4.58. The predicted molar refractivity (Wildman–Crippen MR) is 70.7 cm³/mol. The average Bonchev–Trinajstić information content (AvgIpc) is 2.87. The molecule has 1 fully saturated rings. The second kappa shape index (κ2) is 6.07. The Labute approximate surface area is 121 Å². The zero-order valence-corrected chi connectivity index (χ0v) is 11.9. The van der Waals surface area contributed by atoms with Crippen LogP contribution in [0.1, 0.15) is 18.4 Å². The lowest BCUT2D eigenvalue weighted by Crippen LogP contribution is -2.35. The topological polar surface area (TPSA) is 74.7 Å². The molecule has 1 aliphatic heterocycles. The van der Waals surface area contributed by atoms with Crippen molar-refractivity contribution in [3.05, 3.63) is 29.8 Å². The molecule has 1 atom stereocenters. The largest absolute Gasteiger partial charge is 0.480 e. The number of benzene rings is 1. The first-order chi connectivity index (χ1) is 9.82. The summed E-state index contributed by atoms with van der Waals surface area (Å²) < 4.78 is 47.4. The van der Waals surface area contributed by atoms with E-state index in [1.54, 1.807) is 4.90 Å². The molecule has 116 valence electrons. The molecule has 1 saturated heterocycles. The van der Waals surface area contributed by atoms with E-state index >= 15 is 0 Å². The Morgan fingerprint density at radius 3 is 2.48 bits per heavy atom. The van der Waals surface area contributed by atoms with Crippen LogP contribution < -0.4 is 0 Å². The molecular weight excluding hydrogens is 304 g/mol. The van der Waals surface area contributed by atoms with Crippen molar-refractivity contribution >= 4 is 15.8 Å². The highest BCUT2D eigenvalue weighted by atomic mass is 32.2. The number of rotatable bonds is 5. The third-order valence-corrected chi connectivity index (χ3v) is 4.92. The van der Waals surface area contributed by atoms with Gasteiger partial charge in [0.05, 0.1) is 4.90 Å². The maximum atomic E-state index is 12.4. The number of aliphatic carboxylic acids is 1. The number of hydrogen-bond donors (Lipinski definition) is 1. The molecule has 1 N–H and O–H groups in total. The van der Waals surface area contributed by atoms with Gasteiger partial charge in [0.2, 0.25) is 9.84 Å². The highest BCUT2D eigenvalue weighted by molar-refractivity contribution is 7.91. The minimum Gasteiger partial charge on any atom is -0.480 e. The van der Waals surface area contributed by atoms with Gasteiger partial charge in [-0.1, -0.05) is 12.1 Å². The highest BCUT2D eigenvalue weighted by Crippen LogP contribution is 2.22. The number of halogens is 2. The van der Waals surface area contributed by atoms with Crippen molar-refractivity contribution in [1.82, 2.24) is 4.90 Å².